The summed E-state index contributed by atoms with van der Waals surface area (Å²) in [5, 5.41) is 11.3. The van der Waals surface area contributed by atoms with Crippen LogP contribution in [0.5, 0.6) is 0 Å². The van der Waals surface area contributed by atoms with Crippen LogP contribution in [0.2, 0.25) is 0 Å². The summed E-state index contributed by atoms with van der Waals surface area (Å²) in [4.78, 5) is 0. The first-order valence-electron chi connectivity index (χ1n) is 6.65. The maximum atomic E-state index is 12.7. The molecule has 0 aliphatic heterocycles. The molecule has 0 spiro atoms. The van der Waals surface area contributed by atoms with Crippen molar-refractivity contribution < 1.29 is 13.2 Å². The zero-order chi connectivity index (χ0) is 15.6. The fraction of sp³-hybridized carbons (Fsp3) is 0.538. The molecule has 0 fully saturated rings. The van der Waals surface area contributed by atoms with Gasteiger partial charge in [0.1, 0.15) is 5.69 Å². The molecule has 124 valence electrons. The van der Waals surface area contributed by atoms with Crippen LogP contribution in [-0.4, -0.2) is 19.6 Å². The molecule has 0 unspecified atom stereocenters. The van der Waals surface area contributed by atoms with Gasteiger partial charge in [-0.1, -0.05) is 0 Å². The van der Waals surface area contributed by atoms with Gasteiger partial charge in [0, 0.05) is 38.4 Å². The molecule has 2 aromatic heterocycles. The summed E-state index contributed by atoms with van der Waals surface area (Å²) in [6.45, 7) is 5.52. The van der Waals surface area contributed by atoms with E-state index in [0.29, 0.717) is 12.2 Å². The van der Waals surface area contributed by atoms with E-state index in [9.17, 15) is 13.2 Å². The molecule has 2 heterocycles. The van der Waals surface area contributed by atoms with E-state index < -0.39 is 11.9 Å². The standard InChI is InChI=1S/C13H18F3N5.ClH/c1-4-21-8-10(9(2)18-21)6-17-7-11-5-12(13(14,15)16)20(3)19-11;/h5,8,17H,4,6-7H2,1-3H3;1H. The number of aromatic nitrogens is 4. The van der Waals surface area contributed by atoms with E-state index in [0.717, 1.165) is 28.6 Å². The predicted octanol–water partition coefficient (Wildman–Crippen LogP) is 2.68. The minimum absolute atomic E-state index is 0. The molecule has 2 rings (SSSR count). The van der Waals surface area contributed by atoms with Crippen molar-refractivity contribution in [2.24, 2.45) is 7.05 Å². The number of aryl methyl sites for hydroxylation is 3. The smallest absolute Gasteiger partial charge is 0.307 e. The number of hydrogen-bond acceptors (Lipinski definition) is 3. The third-order valence-corrected chi connectivity index (χ3v) is 3.21. The minimum atomic E-state index is -4.38. The summed E-state index contributed by atoms with van der Waals surface area (Å²) in [7, 11) is 1.29. The monoisotopic (exact) mass is 337 g/mol. The van der Waals surface area contributed by atoms with Crippen molar-refractivity contribution in [2.45, 2.75) is 39.7 Å². The lowest BCUT2D eigenvalue weighted by Crippen LogP contribution is -2.13. The van der Waals surface area contributed by atoms with Gasteiger partial charge in [0.05, 0.1) is 11.4 Å². The number of nitrogens with zero attached hydrogens (tertiary/aromatic N) is 4. The maximum absolute atomic E-state index is 12.7. The highest BCUT2D eigenvalue weighted by atomic mass is 35.5. The summed E-state index contributed by atoms with van der Waals surface area (Å²) in [5.74, 6) is 0. The Hall–Kier alpha value is -1.54. The van der Waals surface area contributed by atoms with E-state index >= 15 is 0 Å². The molecule has 2 aromatic rings. The summed E-state index contributed by atoms with van der Waals surface area (Å²) in [6, 6.07) is 1.06. The van der Waals surface area contributed by atoms with Crippen molar-refractivity contribution in [3.63, 3.8) is 0 Å². The van der Waals surface area contributed by atoms with Gasteiger partial charge in [-0.2, -0.15) is 23.4 Å². The van der Waals surface area contributed by atoms with Gasteiger partial charge in [0.15, 0.2) is 0 Å². The van der Waals surface area contributed by atoms with E-state index in [-0.39, 0.29) is 19.0 Å². The summed E-state index contributed by atoms with van der Waals surface area (Å²) < 4.78 is 40.6. The summed E-state index contributed by atoms with van der Waals surface area (Å²) >= 11 is 0. The average molecular weight is 338 g/mol. The Labute approximate surface area is 132 Å². The lowest BCUT2D eigenvalue weighted by atomic mass is 10.2. The van der Waals surface area contributed by atoms with E-state index in [1.165, 1.54) is 7.05 Å². The van der Waals surface area contributed by atoms with Gasteiger partial charge in [-0.3, -0.25) is 9.36 Å². The molecular weight excluding hydrogens is 319 g/mol. The van der Waals surface area contributed by atoms with Gasteiger partial charge in [-0.05, 0) is 19.9 Å². The fourth-order valence-electron chi connectivity index (χ4n) is 2.10. The molecule has 9 heteroatoms. The van der Waals surface area contributed by atoms with Crippen molar-refractivity contribution in [1.29, 1.82) is 0 Å². The van der Waals surface area contributed by atoms with Crippen LogP contribution in [-0.2, 0) is 32.9 Å². The van der Waals surface area contributed by atoms with Crippen LogP contribution in [0.1, 0.15) is 29.6 Å². The van der Waals surface area contributed by atoms with Crippen LogP contribution >= 0.6 is 12.4 Å². The molecule has 0 aromatic carbocycles. The normalized spacial score (nSPS) is 11.5. The second-order valence-electron chi connectivity index (χ2n) is 4.84. The van der Waals surface area contributed by atoms with Crippen LogP contribution in [0.15, 0.2) is 12.3 Å². The van der Waals surface area contributed by atoms with Crippen LogP contribution in [0, 0.1) is 6.92 Å². The van der Waals surface area contributed by atoms with Gasteiger partial charge in [-0.25, -0.2) is 0 Å². The Bertz CT molecular complexity index is 618. The minimum Gasteiger partial charge on any atom is -0.307 e. The first kappa shape index (κ1) is 18.5. The fourth-order valence-corrected chi connectivity index (χ4v) is 2.10. The third kappa shape index (κ3) is 4.23. The van der Waals surface area contributed by atoms with Crippen LogP contribution < -0.4 is 5.32 Å². The molecule has 1 N–H and O–H groups in total. The molecule has 22 heavy (non-hydrogen) atoms. The van der Waals surface area contributed by atoms with Gasteiger partial charge in [0.2, 0.25) is 0 Å². The topological polar surface area (TPSA) is 47.7 Å². The second-order valence-corrected chi connectivity index (χ2v) is 4.84. The number of halogens is 4. The SMILES string of the molecule is CCn1cc(CNCc2cc(C(F)(F)F)n(C)n2)c(C)n1.Cl. The molecule has 0 aliphatic carbocycles. The lowest BCUT2D eigenvalue weighted by molar-refractivity contribution is -0.143. The second kappa shape index (κ2) is 7.15. The highest BCUT2D eigenvalue weighted by Crippen LogP contribution is 2.29. The average Bonchev–Trinajstić information content (AvgIpc) is 2.93. The molecule has 0 bridgehead atoms. The Morgan fingerprint density at radius 1 is 1.23 bits per heavy atom. The van der Waals surface area contributed by atoms with Crippen molar-refractivity contribution in [1.82, 2.24) is 24.9 Å². The van der Waals surface area contributed by atoms with Crippen LogP contribution in [0.4, 0.5) is 13.2 Å². The quantitative estimate of drug-likeness (QED) is 0.912. The van der Waals surface area contributed by atoms with Crippen molar-refractivity contribution in [3.05, 3.63) is 34.9 Å². The predicted molar refractivity (Wildman–Crippen MR) is 78.6 cm³/mol. The van der Waals surface area contributed by atoms with E-state index in [2.05, 4.69) is 15.5 Å². The Kier molecular flexibility index (Phi) is 6.01. The molecule has 0 aliphatic rings. The summed E-state index contributed by atoms with van der Waals surface area (Å²) in [6.07, 6.45) is -2.44. The van der Waals surface area contributed by atoms with Crippen molar-refractivity contribution in [2.75, 3.05) is 0 Å². The van der Waals surface area contributed by atoms with Gasteiger partial charge < -0.3 is 5.32 Å². The first-order valence-corrected chi connectivity index (χ1v) is 6.65. The molecule has 0 saturated carbocycles. The van der Waals surface area contributed by atoms with Gasteiger partial charge >= 0.3 is 6.18 Å². The number of hydrogen-bond donors (Lipinski definition) is 1. The largest absolute Gasteiger partial charge is 0.433 e. The highest BCUT2D eigenvalue weighted by Gasteiger charge is 2.34. The van der Waals surface area contributed by atoms with Gasteiger partial charge in [-0.15, -0.1) is 12.4 Å². The number of nitrogens with one attached hydrogen (secondary N) is 1. The Morgan fingerprint density at radius 3 is 2.41 bits per heavy atom. The molecule has 0 radical (unpaired) electrons. The third-order valence-electron chi connectivity index (χ3n) is 3.21. The highest BCUT2D eigenvalue weighted by molar-refractivity contribution is 5.85. The number of alkyl halides is 3. The van der Waals surface area contributed by atoms with E-state index in [4.69, 9.17) is 0 Å². The Morgan fingerprint density at radius 2 is 1.91 bits per heavy atom. The number of rotatable bonds is 5. The van der Waals surface area contributed by atoms with Crippen molar-refractivity contribution in [3.8, 4) is 0 Å². The van der Waals surface area contributed by atoms with E-state index in [1.54, 1.807) is 0 Å². The molecular formula is C13H19ClF3N5. The maximum Gasteiger partial charge on any atom is 0.433 e. The molecule has 0 amide bonds. The van der Waals surface area contributed by atoms with Gasteiger partial charge in [0.25, 0.3) is 0 Å². The van der Waals surface area contributed by atoms with Crippen LogP contribution in [0.3, 0.4) is 0 Å². The molecule has 0 atom stereocenters. The Balaban J connectivity index is 0.00000242. The van der Waals surface area contributed by atoms with Crippen LogP contribution in [0.25, 0.3) is 0 Å². The summed E-state index contributed by atoms with van der Waals surface area (Å²) in [5.41, 5.74) is 1.57. The molecule has 5 nitrogen and oxygen atoms in total. The first-order chi connectivity index (χ1) is 9.81. The zero-order valence-corrected chi connectivity index (χ0v) is 13.4. The van der Waals surface area contributed by atoms with Crippen molar-refractivity contribution >= 4 is 12.4 Å². The molecule has 0 saturated heterocycles. The zero-order valence-electron chi connectivity index (χ0n) is 12.6. The van der Waals surface area contributed by atoms with E-state index in [1.807, 2.05) is 24.7 Å². The lowest BCUT2D eigenvalue weighted by Gasteiger charge is -2.04.